The van der Waals surface area contributed by atoms with Gasteiger partial charge in [0.15, 0.2) is 0 Å². The number of ether oxygens (including phenoxy) is 10. The Hall–Kier alpha value is -7.18. The van der Waals surface area contributed by atoms with E-state index in [2.05, 4.69) is 16.0 Å². The number of nitrogens with two attached hydrogens (primary N) is 2. The molecule has 1 aliphatic rings. The van der Waals surface area contributed by atoms with Gasteiger partial charge in [0.1, 0.15) is 24.4 Å². The van der Waals surface area contributed by atoms with Gasteiger partial charge >= 0.3 is 12.2 Å². The third-order valence-electron chi connectivity index (χ3n) is 11.0. The fourth-order valence-corrected chi connectivity index (χ4v) is 6.95. The van der Waals surface area contributed by atoms with Gasteiger partial charge in [0.2, 0.25) is 17.7 Å². The molecule has 28 nitrogen and oxygen atoms in total. The number of nitro benzene ring substituents is 1. The molecule has 0 aromatic heterocycles. The second-order valence-electron chi connectivity index (χ2n) is 17.3. The summed E-state index contributed by atoms with van der Waals surface area (Å²) < 4.78 is 54.2. The zero-order chi connectivity index (χ0) is 57.6. The highest BCUT2D eigenvalue weighted by Gasteiger charge is 2.36. The fourth-order valence-electron chi connectivity index (χ4n) is 6.95. The minimum absolute atomic E-state index is 0.0220. The zero-order valence-electron chi connectivity index (χ0n) is 44.6. The number of anilines is 1. The molecule has 0 saturated heterocycles. The van der Waals surface area contributed by atoms with Gasteiger partial charge in [0, 0.05) is 62.4 Å². The van der Waals surface area contributed by atoms with Gasteiger partial charge in [-0.3, -0.25) is 48.7 Å². The van der Waals surface area contributed by atoms with Crippen molar-refractivity contribution in [3.63, 3.8) is 0 Å². The van der Waals surface area contributed by atoms with Crippen molar-refractivity contribution in [2.24, 2.45) is 17.4 Å². The maximum Gasteiger partial charge on any atom is 0.514 e. The summed E-state index contributed by atoms with van der Waals surface area (Å²) >= 11 is 0. The number of benzene rings is 2. The molecule has 0 fully saturated rings. The van der Waals surface area contributed by atoms with Crippen LogP contribution in [0.4, 0.5) is 21.0 Å². The molecule has 28 heteroatoms. The molecule has 0 spiro atoms. The highest BCUT2D eigenvalue weighted by molar-refractivity contribution is 6.13. The van der Waals surface area contributed by atoms with Gasteiger partial charge < -0.3 is 74.8 Å². The molecular weight excluding hydrogens is 1040 g/mol. The number of rotatable bonds is 44. The molecule has 8 amide bonds. The molecule has 0 unspecified atom stereocenters. The first-order chi connectivity index (χ1) is 38.1. The minimum Gasteiger partial charge on any atom is -0.429 e. The van der Waals surface area contributed by atoms with Gasteiger partial charge in [-0.15, -0.1) is 0 Å². The Morgan fingerprint density at radius 2 is 1.13 bits per heavy atom. The Balaban J connectivity index is 1.22. The molecule has 438 valence electrons. The average Bonchev–Trinajstić information content (AvgIpc) is 3.76. The fraction of sp³-hybridized carbons (Fsp3) is 0.569. The van der Waals surface area contributed by atoms with E-state index in [1.807, 2.05) is 0 Å². The Bertz CT molecular complexity index is 2220. The predicted octanol–water partition coefficient (Wildman–Crippen LogP) is 1.04. The molecule has 2 atom stereocenters. The van der Waals surface area contributed by atoms with Crippen molar-refractivity contribution in [2.75, 3.05) is 130 Å². The Kier molecular flexibility index (Phi) is 32.8. The number of hydrogen-bond donors (Lipinski definition) is 5. The van der Waals surface area contributed by atoms with E-state index in [4.69, 9.17) is 58.8 Å². The number of hydrogen-bond acceptors (Lipinski definition) is 20. The van der Waals surface area contributed by atoms with Crippen LogP contribution in [0.15, 0.2) is 60.7 Å². The molecule has 7 N–H and O–H groups in total. The van der Waals surface area contributed by atoms with Crippen LogP contribution >= 0.6 is 0 Å². The van der Waals surface area contributed by atoms with Gasteiger partial charge in [0.05, 0.1) is 111 Å². The van der Waals surface area contributed by atoms with E-state index in [-0.39, 0.29) is 88.2 Å². The van der Waals surface area contributed by atoms with Crippen molar-refractivity contribution in [2.45, 2.75) is 58.2 Å². The molecule has 79 heavy (non-hydrogen) atoms. The van der Waals surface area contributed by atoms with Gasteiger partial charge in [-0.2, -0.15) is 0 Å². The van der Waals surface area contributed by atoms with Crippen molar-refractivity contribution in [3.8, 4) is 5.75 Å². The molecule has 1 aliphatic heterocycles. The van der Waals surface area contributed by atoms with Crippen LogP contribution in [0.3, 0.4) is 0 Å². The van der Waals surface area contributed by atoms with Gasteiger partial charge in [-0.05, 0) is 48.6 Å². The Morgan fingerprint density at radius 1 is 0.633 bits per heavy atom. The molecule has 3 rings (SSSR count). The highest BCUT2D eigenvalue weighted by atomic mass is 16.7. The number of amides is 8. The van der Waals surface area contributed by atoms with Crippen LogP contribution in [0, 0.1) is 16.0 Å². The van der Waals surface area contributed by atoms with Gasteiger partial charge in [-0.1, -0.05) is 26.0 Å². The lowest BCUT2D eigenvalue weighted by Crippen LogP contribution is -2.57. The Morgan fingerprint density at radius 3 is 1.59 bits per heavy atom. The van der Waals surface area contributed by atoms with Crippen LogP contribution in [0.25, 0.3) is 0 Å². The summed E-state index contributed by atoms with van der Waals surface area (Å²) in [7, 11) is 0. The molecule has 2 aromatic rings. The first-order valence-electron chi connectivity index (χ1n) is 25.6. The number of urea groups is 1. The number of nitrogens with one attached hydrogen (secondary N) is 3. The van der Waals surface area contributed by atoms with Crippen LogP contribution in [-0.4, -0.2) is 195 Å². The SMILES string of the molecule is CC(C)[C@H](NC(=O)CCOCCOCCOCCOCCOCCOCCOCCOCCNC(=O)CCN1C(=O)C=CC1=O)C(=O)N(c1ccc(COC(=O)Oc2ccc([N+](=O)[O-])cc2)cc1)[C@@H](CCCNC(N)=O)C(N)=O. The van der Waals surface area contributed by atoms with Crippen molar-refractivity contribution in [3.05, 3.63) is 76.4 Å². The van der Waals surface area contributed by atoms with Crippen molar-refractivity contribution in [1.82, 2.24) is 20.9 Å². The van der Waals surface area contributed by atoms with E-state index in [9.17, 15) is 48.5 Å². The summed E-state index contributed by atoms with van der Waals surface area (Å²) in [6, 6.07) is 7.86. The molecule has 0 aliphatic carbocycles. The van der Waals surface area contributed by atoms with Gasteiger partial charge in [0.25, 0.3) is 23.4 Å². The van der Waals surface area contributed by atoms with E-state index in [1.165, 1.54) is 53.5 Å². The summed E-state index contributed by atoms with van der Waals surface area (Å²) in [5, 5.41) is 18.8. The maximum atomic E-state index is 14.4. The normalized spacial score (nSPS) is 12.8. The largest absolute Gasteiger partial charge is 0.514 e. The first kappa shape index (κ1) is 66.1. The number of imide groups is 1. The third kappa shape index (κ3) is 28.3. The second-order valence-corrected chi connectivity index (χ2v) is 17.3. The predicted molar refractivity (Wildman–Crippen MR) is 279 cm³/mol. The number of nitrogens with zero attached hydrogens (tertiary/aromatic N) is 3. The summed E-state index contributed by atoms with van der Waals surface area (Å²) in [5.74, 6) is -3.50. The molecule has 0 bridgehead atoms. The van der Waals surface area contributed by atoms with Crippen LogP contribution < -0.4 is 37.1 Å². The summed E-state index contributed by atoms with van der Waals surface area (Å²) in [4.78, 5) is 111. The summed E-state index contributed by atoms with van der Waals surface area (Å²) in [5.41, 5.74) is 11.6. The van der Waals surface area contributed by atoms with Crippen molar-refractivity contribution >= 4 is 59.0 Å². The quantitative estimate of drug-likeness (QED) is 0.0155. The maximum absolute atomic E-state index is 14.4. The first-order valence-corrected chi connectivity index (χ1v) is 25.6. The lowest BCUT2D eigenvalue weighted by molar-refractivity contribution is -0.384. The van der Waals surface area contributed by atoms with Gasteiger partial charge in [-0.25, -0.2) is 9.59 Å². The standard InChI is InChI=1S/C51H74N8O20/c1-37(2)47(49(65)58(42(48(52)64)4-3-17-55-50(53)66)39-7-5-38(6-8-39)36-78-51(67)79-41-11-9-40(10-12-41)59(68)69)56-44(61)16-20-70-22-24-72-26-28-74-30-32-76-34-35-77-33-31-75-29-27-73-25-23-71-21-18-54-43(60)15-19-57-45(62)13-14-46(57)63/h5-14,37,42,47H,3-4,15-36H2,1-2H3,(H2,52,64)(H,54,60)(H,56,61)(H3,53,55,66)/t42-,47-/m0/s1. The summed E-state index contributed by atoms with van der Waals surface area (Å²) in [6.07, 6.45) is 1.46. The van der Waals surface area contributed by atoms with Crippen molar-refractivity contribution < 1.29 is 90.6 Å². The number of carbonyl (C=O) groups excluding carboxylic acids is 8. The molecule has 0 radical (unpaired) electrons. The number of nitro groups is 1. The van der Waals surface area contributed by atoms with Crippen molar-refractivity contribution in [1.29, 1.82) is 0 Å². The highest BCUT2D eigenvalue weighted by Crippen LogP contribution is 2.24. The van der Waals surface area contributed by atoms with E-state index < -0.39 is 64.6 Å². The van der Waals surface area contributed by atoms with Crippen LogP contribution in [0.1, 0.15) is 45.1 Å². The van der Waals surface area contributed by atoms with E-state index in [0.717, 1.165) is 4.90 Å². The van der Waals surface area contributed by atoms with E-state index in [0.29, 0.717) is 98.0 Å². The van der Waals surface area contributed by atoms with Crippen LogP contribution in [-0.2, 0) is 78.0 Å². The number of non-ortho nitro benzene ring substituents is 1. The number of carbonyl (C=O) groups is 8. The Labute approximate surface area is 457 Å². The molecular formula is C51H74N8O20. The topological polar surface area (TPSA) is 367 Å². The minimum atomic E-state index is -1.21. The molecule has 2 aromatic carbocycles. The monoisotopic (exact) mass is 1120 g/mol. The molecule has 0 saturated carbocycles. The number of primary amides is 2. The van der Waals surface area contributed by atoms with E-state index in [1.54, 1.807) is 26.0 Å². The lowest BCUT2D eigenvalue weighted by Gasteiger charge is -2.34. The third-order valence-corrected chi connectivity index (χ3v) is 11.0. The smallest absolute Gasteiger partial charge is 0.429 e. The summed E-state index contributed by atoms with van der Waals surface area (Å²) in [6.45, 7) is 8.79. The lowest BCUT2D eigenvalue weighted by atomic mass is 9.99. The van der Waals surface area contributed by atoms with Crippen LogP contribution in [0.5, 0.6) is 5.75 Å². The zero-order valence-corrected chi connectivity index (χ0v) is 44.6. The average molecular weight is 1120 g/mol. The molecule has 1 heterocycles. The second kappa shape index (κ2) is 39.2. The van der Waals surface area contributed by atoms with E-state index >= 15 is 0 Å². The van der Waals surface area contributed by atoms with Crippen LogP contribution in [0.2, 0.25) is 0 Å².